The maximum atomic E-state index is 13.3. The lowest BCUT2D eigenvalue weighted by Gasteiger charge is -2.15. The Morgan fingerprint density at radius 2 is 1.87 bits per heavy atom. The van der Waals surface area contributed by atoms with Gasteiger partial charge in [-0.2, -0.15) is 0 Å². The van der Waals surface area contributed by atoms with Gasteiger partial charge < -0.3 is 10.4 Å². The quantitative estimate of drug-likeness (QED) is 0.521. The lowest BCUT2D eigenvalue weighted by atomic mass is 10.0. The summed E-state index contributed by atoms with van der Waals surface area (Å²) in [6.07, 6.45) is 5.84. The van der Waals surface area contributed by atoms with Gasteiger partial charge in [0.15, 0.2) is 0 Å². The van der Waals surface area contributed by atoms with Gasteiger partial charge in [0.05, 0.1) is 11.9 Å². The van der Waals surface area contributed by atoms with Crippen LogP contribution >= 0.6 is 0 Å². The highest BCUT2D eigenvalue weighted by Crippen LogP contribution is 2.30. The summed E-state index contributed by atoms with van der Waals surface area (Å²) in [4.78, 5) is 34.0. The summed E-state index contributed by atoms with van der Waals surface area (Å²) in [7, 11) is 0. The number of rotatable bonds is 5. The fourth-order valence-corrected chi connectivity index (χ4v) is 3.30. The highest BCUT2D eigenvalue weighted by molar-refractivity contribution is 6.02. The third-order valence-corrected chi connectivity index (χ3v) is 4.80. The number of fused-ring (bicyclic) bond motifs is 1. The van der Waals surface area contributed by atoms with Gasteiger partial charge in [0.1, 0.15) is 22.8 Å². The number of carbonyl (C=O) groups excluding carboxylic acids is 1. The van der Waals surface area contributed by atoms with Gasteiger partial charge in [0, 0.05) is 24.2 Å². The number of benzene rings is 1. The number of carbonyl (C=O) groups is 1. The maximum absolute atomic E-state index is 13.3. The number of hydrogen-bond acceptors (Lipinski definition) is 5. The molecule has 0 unspecified atom stereocenters. The van der Waals surface area contributed by atoms with Crippen LogP contribution in [-0.2, 0) is 6.54 Å². The zero-order chi connectivity index (χ0) is 22.0. The number of nitrogens with zero attached hydrogens (tertiary/aromatic N) is 3. The molecule has 0 radical (unpaired) electrons. The first kappa shape index (κ1) is 20.0. The maximum Gasteiger partial charge on any atom is 0.269 e. The second kappa shape index (κ2) is 8.19. The molecule has 4 aromatic rings. The molecule has 0 aliphatic rings. The molecule has 0 bridgehead atoms. The average molecular weight is 416 g/mol. The summed E-state index contributed by atoms with van der Waals surface area (Å²) < 4.78 is 14.6. The van der Waals surface area contributed by atoms with Crippen LogP contribution in [0.25, 0.3) is 22.2 Å². The number of halogens is 1. The minimum Gasteiger partial charge on any atom is -0.506 e. The van der Waals surface area contributed by atoms with Crippen molar-refractivity contribution in [3.8, 4) is 16.9 Å². The molecule has 0 aliphatic heterocycles. The van der Waals surface area contributed by atoms with Crippen LogP contribution in [0, 0.1) is 5.82 Å². The normalized spacial score (nSPS) is 10.7. The van der Waals surface area contributed by atoms with Gasteiger partial charge in [0.2, 0.25) is 0 Å². The molecular weight excluding hydrogens is 399 g/mol. The summed E-state index contributed by atoms with van der Waals surface area (Å²) in [5, 5.41) is 13.4. The van der Waals surface area contributed by atoms with E-state index in [2.05, 4.69) is 21.9 Å². The molecular formula is C23H17FN4O3. The summed E-state index contributed by atoms with van der Waals surface area (Å²) in [5.41, 5.74) is 1.12. The SMILES string of the molecule is C=CNC(=O)c1c(O)c2cc(-c3ccc(F)cc3)cnc2n(Cc2ccncc2)c1=O. The lowest BCUT2D eigenvalue weighted by Crippen LogP contribution is -2.32. The van der Waals surface area contributed by atoms with Crippen LogP contribution in [0.3, 0.4) is 0 Å². The molecule has 1 aromatic carbocycles. The molecule has 3 aromatic heterocycles. The molecule has 1 amide bonds. The van der Waals surface area contributed by atoms with Gasteiger partial charge in [-0.15, -0.1) is 0 Å². The van der Waals surface area contributed by atoms with E-state index < -0.39 is 22.8 Å². The van der Waals surface area contributed by atoms with Gasteiger partial charge in [-0.25, -0.2) is 9.37 Å². The molecule has 2 N–H and O–H groups in total. The van der Waals surface area contributed by atoms with Crippen molar-refractivity contribution in [1.82, 2.24) is 19.9 Å². The molecule has 0 saturated carbocycles. The summed E-state index contributed by atoms with van der Waals surface area (Å²) in [6, 6.07) is 10.9. The van der Waals surface area contributed by atoms with E-state index in [1.54, 1.807) is 42.7 Å². The molecule has 0 spiro atoms. The van der Waals surface area contributed by atoms with Gasteiger partial charge in [0.25, 0.3) is 11.5 Å². The second-order valence-corrected chi connectivity index (χ2v) is 6.75. The first-order valence-corrected chi connectivity index (χ1v) is 9.31. The van der Waals surface area contributed by atoms with E-state index in [1.807, 2.05) is 0 Å². The number of amides is 1. The average Bonchev–Trinajstić information content (AvgIpc) is 2.78. The van der Waals surface area contributed by atoms with Crippen molar-refractivity contribution >= 4 is 16.9 Å². The van der Waals surface area contributed by atoms with Crippen LogP contribution in [0.1, 0.15) is 15.9 Å². The monoisotopic (exact) mass is 416 g/mol. The Kier molecular flexibility index (Phi) is 5.28. The van der Waals surface area contributed by atoms with E-state index in [4.69, 9.17) is 0 Å². The van der Waals surface area contributed by atoms with Crippen LogP contribution in [0.4, 0.5) is 4.39 Å². The highest BCUT2D eigenvalue weighted by Gasteiger charge is 2.23. The van der Waals surface area contributed by atoms with Crippen molar-refractivity contribution in [3.63, 3.8) is 0 Å². The van der Waals surface area contributed by atoms with Crippen LogP contribution in [-0.4, -0.2) is 25.5 Å². The predicted octanol–water partition coefficient (Wildman–Crippen LogP) is 3.22. The zero-order valence-electron chi connectivity index (χ0n) is 16.2. The lowest BCUT2D eigenvalue weighted by molar-refractivity contribution is 0.0966. The summed E-state index contributed by atoms with van der Waals surface area (Å²) in [5.74, 6) is -1.65. The molecule has 4 rings (SSSR count). The number of nitrogens with one attached hydrogen (secondary N) is 1. The van der Waals surface area contributed by atoms with Crippen molar-refractivity contribution in [1.29, 1.82) is 0 Å². The van der Waals surface area contributed by atoms with Gasteiger partial charge >= 0.3 is 0 Å². The standard InChI is InChI=1S/C23H17FN4O3/c1-2-26-22(30)19-20(29)18-11-16(15-3-5-17(24)6-4-15)12-27-21(18)28(23(19)31)13-14-7-9-25-10-8-14/h2-12,29H,1,13H2,(H,26,30). The van der Waals surface area contributed by atoms with E-state index in [0.717, 1.165) is 11.8 Å². The van der Waals surface area contributed by atoms with Crippen molar-refractivity contribution in [2.75, 3.05) is 0 Å². The molecule has 0 saturated heterocycles. The van der Waals surface area contributed by atoms with E-state index >= 15 is 0 Å². The number of pyridine rings is 3. The molecule has 3 heterocycles. The van der Waals surface area contributed by atoms with Crippen LogP contribution in [0.2, 0.25) is 0 Å². The minimum atomic E-state index is -0.782. The third kappa shape index (κ3) is 3.78. The van der Waals surface area contributed by atoms with E-state index in [0.29, 0.717) is 11.1 Å². The second-order valence-electron chi connectivity index (χ2n) is 6.75. The molecule has 0 atom stereocenters. The number of aromatic nitrogens is 3. The third-order valence-electron chi connectivity index (χ3n) is 4.80. The molecule has 8 heteroatoms. The Balaban J connectivity index is 1.98. The Bertz CT molecular complexity index is 1350. The largest absolute Gasteiger partial charge is 0.506 e. The fraction of sp³-hybridized carbons (Fsp3) is 0.0435. The fourth-order valence-electron chi connectivity index (χ4n) is 3.30. The predicted molar refractivity (Wildman–Crippen MR) is 114 cm³/mol. The first-order chi connectivity index (χ1) is 15.0. The van der Waals surface area contributed by atoms with Crippen molar-refractivity contribution < 1.29 is 14.3 Å². The highest BCUT2D eigenvalue weighted by atomic mass is 19.1. The van der Waals surface area contributed by atoms with Gasteiger partial charge in [-0.05, 0) is 47.7 Å². The zero-order valence-corrected chi connectivity index (χ0v) is 16.2. The Labute approximate surface area is 176 Å². The summed E-state index contributed by atoms with van der Waals surface area (Å²) in [6.45, 7) is 3.55. The van der Waals surface area contributed by atoms with Crippen LogP contribution in [0.5, 0.6) is 5.75 Å². The van der Waals surface area contributed by atoms with E-state index in [1.165, 1.54) is 22.9 Å². The Hall–Kier alpha value is -4.33. The van der Waals surface area contributed by atoms with E-state index in [-0.39, 0.29) is 23.4 Å². The van der Waals surface area contributed by atoms with Crippen molar-refractivity contribution in [2.24, 2.45) is 0 Å². The molecule has 0 fully saturated rings. The molecule has 7 nitrogen and oxygen atoms in total. The van der Waals surface area contributed by atoms with E-state index in [9.17, 15) is 19.1 Å². The van der Waals surface area contributed by atoms with Crippen LogP contribution in [0.15, 0.2) is 78.6 Å². The Morgan fingerprint density at radius 3 is 2.55 bits per heavy atom. The topological polar surface area (TPSA) is 97.1 Å². The first-order valence-electron chi connectivity index (χ1n) is 9.31. The molecule has 0 aliphatic carbocycles. The summed E-state index contributed by atoms with van der Waals surface area (Å²) >= 11 is 0. The number of aromatic hydroxyl groups is 1. The van der Waals surface area contributed by atoms with Crippen molar-refractivity contribution in [3.05, 3.63) is 101 Å². The minimum absolute atomic E-state index is 0.120. The van der Waals surface area contributed by atoms with Crippen LogP contribution < -0.4 is 10.9 Å². The van der Waals surface area contributed by atoms with Crippen molar-refractivity contribution in [2.45, 2.75) is 6.54 Å². The molecule has 154 valence electrons. The smallest absolute Gasteiger partial charge is 0.269 e. The van der Waals surface area contributed by atoms with Gasteiger partial charge in [-0.1, -0.05) is 18.7 Å². The number of hydrogen-bond donors (Lipinski definition) is 2. The van der Waals surface area contributed by atoms with Gasteiger partial charge in [-0.3, -0.25) is 19.1 Å². The molecule has 31 heavy (non-hydrogen) atoms. The Morgan fingerprint density at radius 1 is 1.16 bits per heavy atom.